The van der Waals surface area contributed by atoms with Crippen LogP contribution in [0.15, 0.2) is 34.7 Å². The van der Waals surface area contributed by atoms with E-state index in [-0.39, 0.29) is 24.8 Å². The number of carboxylic acid groups (broad SMARTS) is 1. The molecule has 132 valence electrons. The fraction of sp³-hybridized carbons (Fsp3) is 0.368. The fourth-order valence-electron chi connectivity index (χ4n) is 2.98. The summed E-state index contributed by atoms with van der Waals surface area (Å²) in [6, 6.07) is 9.25. The molecule has 1 aliphatic rings. The van der Waals surface area contributed by atoms with Gasteiger partial charge in [-0.2, -0.15) is 0 Å². The predicted octanol–water partition coefficient (Wildman–Crippen LogP) is 3.02. The van der Waals surface area contributed by atoms with E-state index in [0.29, 0.717) is 18.7 Å². The molecule has 0 saturated carbocycles. The van der Waals surface area contributed by atoms with E-state index in [1.165, 1.54) is 10.5 Å². The Kier molecular flexibility index (Phi) is 4.79. The number of carbonyl (C=O) groups is 2. The van der Waals surface area contributed by atoms with Gasteiger partial charge in [-0.25, -0.2) is 0 Å². The average molecular weight is 343 g/mol. The van der Waals surface area contributed by atoms with E-state index < -0.39 is 11.9 Å². The Morgan fingerprint density at radius 1 is 1.28 bits per heavy atom. The van der Waals surface area contributed by atoms with Gasteiger partial charge in [0.2, 0.25) is 0 Å². The molecule has 6 heteroatoms. The quantitative estimate of drug-likeness (QED) is 0.903. The molecule has 0 spiro atoms. The summed E-state index contributed by atoms with van der Waals surface area (Å²) in [5.41, 5.74) is 2.21. The number of carbonyl (C=O) groups excluding carboxylic acids is 1. The van der Waals surface area contributed by atoms with Crippen molar-refractivity contribution in [3.8, 4) is 5.75 Å². The summed E-state index contributed by atoms with van der Waals surface area (Å²) in [5.74, 6) is -0.0914. The van der Waals surface area contributed by atoms with Crippen molar-refractivity contribution in [2.45, 2.75) is 26.9 Å². The normalized spacial score (nSPS) is 16.9. The highest BCUT2D eigenvalue weighted by Crippen LogP contribution is 2.22. The number of ether oxygens (including phenoxy) is 1. The van der Waals surface area contributed by atoms with Gasteiger partial charge in [-0.05, 0) is 44.0 Å². The summed E-state index contributed by atoms with van der Waals surface area (Å²) in [5, 5.41) is 9.03. The minimum absolute atomic E-state index is 0.213. The molecule has 3 rings (SSSR count). The Morgan fingerprint density at radius 3 is 2.76 bits per heavy atom. The Morgan fingerprint density at radius 2 is 2.08 bits per heavy atom. The summed E-state index contributed by atoms with van der Waals surface area (Å²) in [4.78, 5) is 24.9. The van der Waals surface area contributed by atoms with E-state index in [2.05, 4.69) is 0 Å². The molecule has 2 aromatic rings. The lowest BCUT2D eigenvalue weighted by atomic mass is 10.1. The van der Waals surface area contributed by atoms with Crippen LogP contribution in [0.3, 0.4) is 0 Å². The van der Waals surface area contributed by atoms with E-state index in [1.807, 2.05) is 32.0 Å². The summed E-state index contributed by atoms with van der Waals surface area (Å²) in [7, 11) is 0. The smallest absolute Gasteiger partial charge is 0.308 e. The van der Waals surface area contributed by atoms with Crippen LogP contribution >= 0.6 is 0 Å². The zero-order valence-electron chi connectivity index (χ0n) is 14.3. The van der Waals surface area contributed by atoms with Crippen LogP contribution < -0.4 is 4.74 Å². The number of furan rings is 1. The first-order valence-electron chi connectivity index (χ1n) is 8.25. The van der Waals surface area contributed by atoms with E-state index >= 15 is 0 Å². The summed E-state index contributed by atoms with van der Waals surface area (Å²) < 4.78 is 11.3. The molecule has 1 fully saturated rings. The molecule has 1 atom stereocenters. The molecular formula is C19H21NO5. The van der Waals surface area contributed by atoms with E-state index in [0.717, 1.165) is 11.3 Å². The van der Waals surface area contributed by atoms with E-state index in [4.69, 9.17) is 14.3 Å². The van der Waals surface area contributed by atoms with Gasteiger partial charge >= 0.3 is 5.97 Å². The Bertz CT molecular complexity index is 795. The van der Waals surface area contributed by atoms with Gasteiger partial charge in [0.05, 0.1) is 5.92 Å². The van der Waals surface area contributed by atoms with E-state index in [9.17, 15) is 9.59 Å². The zero-order valence-corrected chi connectivity index (χ0v) is 14.3. The van der Waals surface area contributed by atoms with Gasteiger partial charge in [0, 0.05) is 13.1 Å². The molecule has 1 aliphatic heterocycles. The van der Waals surface area contributed by atoms with Crippen LogP contribution in [0.2, 0.25) is 0 Å². The summed E-state index contributed by atoms with van der Waals surface area (Å²) in [6.45, 7) is 4.89. The topological polar surface area (TPSA) is 80.0 Å². The Hall–Kier alpha value is -2.76. The molecule has 0 radical (unpaired) electrons. The number of carboxylic acids is 1. The molecule has 2 heterocycles. The summed E-state index contributed by atoms with van der Waals surface area (Å²) in [6.07, 6.45) is 0.477. The first-order valence-corrected chi connectivity index (χ1v) is 8.25. The number of amides is 1. The van der Waals surface area contributed by atoms with Gasteiger partial charge in [-0.3, -0.25) is 9.59 Å². The third kappa shape index (κ3) is 3.84. The predicted molar refractivity (Wildman–Crippen MR) is 90.6 cm³/mol. The van der Waals surface area contributed by atoms with E-state index in [1.54, 1.807) is 12.1 Å². The molecule has 1 saturated heterocycles. The number of nitrogens with zero attached hydrogens (tertiary/aromatic N) is 1. The second-order valence-electron chi connectivity index (χ2n) is 6.40. The first-order chi connectivity index (χ1) is 11.9. The number of aryl methyl sites for hydroxylation is 2. The number of hydrogen-bond acceptors (Lipinski definition) is 4. The molecule has 0 unspecified atom stereocenters. The number of aliphatic carboxylic acids is 1. The van der Waals surface area contributed by atoms with Gasteiger partial charge in [0.15, 0.2) is 5.76 Å². The molecule has 6 nitrogen and oxygen atoms in total. The number of rotatable bonds is 5. The molecular weight excluding hydrogens is 322 g/mol. The van der Waals surface area contributed by atoms with Crippen LogP contribution in [0.4, 0.5) is 0 Å². The largest absolute Gasteiger partial charge is 0.485 e. The van der Waals surface area contributed by atoms with Gasteiger partial charge in [0.1, 0.15) is 18.1 Å². The minimum Gasteiger partial charge on any atom is -0.485 e. The van der Waals surface area contributed by atoms with Crippen molar-refractivity contribution in [3.63, 3.8) is 0 Å². The minimum atomic E-state index is -0.864. The lowest BCUT2D eigenvalue weighted by Crippen LogP contribution is -2.29. The van der Waals surface area contributed by atoms with Crippen LogP contribution in [-0.4, -0.2) is 35.0 Å². The molecule has 1 aromatic heterocycles. The van der Waals surface area contributed by atoms with Crippen LogP contribution in [-0.2, 0) is 11.4 Å². The first kappa shape index (κ1) is 17.1. The second-order valence-corrected chi connectivity index (χ2v) is 6.40. The highest BCUT2D eigenvalue weighted by atomic mass is 16.5. The van der Waals surface area contributed by atoms with Crippen molar-refractivity contribution < 1.29 is 23.8 Å². The lowest BCUT2D eigenvalue weighted by molar-refractivity contribution is -0.141. The molecule has 1 amide bonds. The van der Waals surface area contributed by atoms with Gasteiger partial charge in [-0.1, -0.05) is 17.7 Å². The monoisotopic (exact) mass is 343 g/mol. The number of hydrogen-bond donors (Lipinski definition) is 1. The number of benzene rings is 1. The van der Waals surface area contributed by atoms with Crippen molar-refractivity contribution in [1.82, 2.24) is 4.90 Å². The Labute approximate surface area is 146 Å². The second kappa shape index (κ2) is 7.01. The summed E-state index contributed by atoms with van der Waals surface area (Å²) >= 11 is 0. The molecule has 1 N–H and O–H groups in total. The average Bonchev–Trinajstić information content (AvgIpc) is 3.23. The maximum absolute atomic E-state index is 12.4. The number of likely N-dealkylation sites (tertiary alicyclic amines) is 1. The van der Waals surface area contributed by atoms with Crippen LogP contribution in [0.25, 0.3) is 0 Å². The molecule has 0 aliphatic carbocycles. The van der Waals surface area contributed by atoms with Gasteiger partial charge in [0.25, 0.3) is 5.91 Å². The lowest BCUT2D eigenvalue weighted by Gasteiger charge is -2.13. The van der Waals surface area contributed by atoms with Crippen LogP contribution in [0, 0.1) is 19.8 Å². The fourth-order valence-corrected chi connectivity index (χ4v) is 2.98. The van der Waals surface area contributed by atoms with Gasteiger partial charge < -0.3 is 19.2 Å². The third-order valence-electron chi connectivity index (χ3n) is 4.40. The maximum Gasteiger partial charge on any atom is 0.308 e. The highest BCUT2D eigenvalue weighted by Gasteiger charge is 2.32. The van der Waals surface area contributed by atoms with Crippen molar-refractivity contribution in [1.29, 1.82) is 0 Å². The van der Waals surface area contributed by atoms with Crippen molar-refractivity contribution in [2.75, 3.05) is 13.1 Å². The van der Waals surface area contributed by atoms with Crippen LogP contribution in [0.1, 0.15) is 33.9 Å². The van der Waals surface area contributed by atoms with Crippen molar-refractivity contribution >= 4 is 11.9 Å². The van der Waals surface area contributed by atoms with Crippen molar-refractivity contribution in [3.05, 3.63) is 53.0 Å². The van der Waals surface area contributed by atoms with Gasteiger partial charge in [-0.15, -0.1) is 0 Å². The zero-order chi connectivity index (χ0) is 18.0. The highest BCUT2D eigenvalue weighted by molar-refractivity contribution is 5.92. The van der Waals surface area contributed by atoms with Crippen molar-refractivity contribution in [2.24, 2.45) is 5.92 Å². The standard InChI is InChI=1S/C19H21NO5/c1-12-3-5-16(13(2)9-12)24-11-15-4-6-17(25-15)18(21)20-8-7-14(10-20)19(22)23/h3-6,9,14H,7-8,10-11H2,1-2H3,(H,22,23)/t14-/m1/s1. The molecule has 0 bridgehead atoms. The maximum atomic E-state index is 12.4. The molecule has 25 heavy (non-hydrogen) atoms. The van der Waals surface area contributed by atoms with Crippen LogP contribution in [0.5, 0.6) is 5.75 Å². The molecule has 1 aromatic carbocycles. The third-order valence-corrected chi connectivity index (χ3v) is 4.40. The SMILES string of the molecule is Cc1ccc(OCc2ccc(C(=O)N3CC[C@@H](C(=O)O)C3)o2)c(C)c1. The Balaban J connectivity index is 1.60.